The summed E-state index contributed by atoms with van der Waals surface area (Å²) < 4.78 is 82.6. The maximum Gasteiger partial charge on any atom is 0.163 e. The molecule has 0 aromatic rings. The van der Waals surface area contributed by atoms with E-state index >= 15 is 0 Å². The fraction of sp³-hybridized carbons (Fsp3) is 1.00. The molecule has 0 aliphatic carbocycles. The van der Waals surface area contributed by atoms with Crippen molar-refractivity contribution in [2.75, 3.05) is 92.5 Å². The monoisotopic (exact) mass is 721 g/mol. The summed E-state index contributed by atoms with van der Waals surface area (Å²) in [6.45, 7) is 18.8. The summed E-state index contributed by atoms with van der Waals surface area (Å²) in [4.78, 5) is 3.03. The molecule has 4 rings (SSSR count). The molecule has 4 aliphatic rings. The van der Waals surface area contributed by atoms with Crippen LogP contribution in [0, 0.1) is 0 Å². The summed E-state index contributed by atoms with van der Waals surface area (Å²) >= 11 is 0. The molecule has 0 aromatic heterocycles. The zero-order chi connectivity index (χ0) is 36.3. The SMILES string of the molecule is CC1(C)OCC(OCC(COC2COC(C)(C)OC2)OCC(COC(COC2COC(C)(C)OC2)COC2COC(C)(C)OC2)N=[N+]=[N-])CO1. The van der Waals surface area contributed by atoms with Crippen LogP contribution in [0.3, 0.4) is 0 Å². The van der Waals surface area contributed by atoms with Crippen LogP contribution in [-0.2, 0) is 66.3 Å². The molecule has 0 saturated carbocycles. The number of ether oxygens (including phenoxy) is 14. The van der Waals surface area contributed by atoms with Crippen LogP contribution in [0.5, 0.6) is 0 Å². The van der Waals surface area contributed by atoms with Crippen molar-refractivity contribution in [3.8, 4) is 0 Å². The second kappa shape index (κ2) is 19.2. The van der Waals surface area contributed by atoms with Gasteiger partial charge < -0.3 is 66.3 Å². The molecule has 4 saturated heterocycles. The molecule has 0 radical (unpaired) electrons. The number of hydrogen-bond donors (Lipinski definition) is 0. The molecule has 17 heteroatoms. The molecular formula is C33H59N3O14. The lowest BCUT2D eigenvalue weighted by molar-refractivity contribution is -0.287. The van der Waals surface area contributed by atoms with Crippen molar-refractivity contribution in [1.82, 2.24) is 0 Å². The Hall–Kier alpha value is -1.25. The van der Waals surface area contributed by atoms with Gasteiger partial charge in [-0.1, -0.05) is 5.11 Å². The lowest BCUT2D eigenvalue weighted by atomic mass is 10.2. The fourth-order valence-corrected chi connectivity index (χ4v) is 5.04. The van der Waals surface area contributed by atoms with Crippen LogP contribution in [0.4, 0.5) is 0 Å². The molecule has 0 spiro atoms. The van der Waals surface area contributed by atoms with Crippen molar-refractivity contribution in [2.24, 2.45) is 5.11 Å². The minimum atomic E-state index is -0.668. The molecule has 50 heavy (non-hydrogen) atoms. The Kier molecular flexibility index (Phi) is 15.9. The van der Waals surface area contributed by atoms with Gasteiger partial charge in [-0.25, -0.2) is 0 Å². The zero-order valence-corrected chi connectivity index (χ0v) is 31.0. The first kappa shape index (κ1) is 41.5. The van der Waals surface area contributed by atoms with E-state index in [0.29, 0.717) is 52.9 Å². The van der Waals surface area contributed by atoms with Gasteiger partial charge in [-0.05, 0) is 60.9 Å². The van der Waals surface area contributed by atoms with E-state index in [9.17, 15) is 5.53 Å². The van der Waals surface area contributed by atoms with E-state index in [1.807, 2.05) is 55.4 Å². The number of azide groups is 1. The van der Waals surface area contributed by atoms with E-state index in [4.69, 9.17) is 66.3 Å². The smallest absolute Gasteiger partial charge is 0.163 e. The highest BCUT2D eigenvalue weighted by molar-refractivity contribution is 4.75. The first-order chi connectivity index (χ1) is 23.6. The number of nitrogens with zero attached hydrogens (tertiary/aromatic N) is 3. The third kappa shape index (κ3) is 15.4. The second-order valence-corrected chi connectivity index (χ2v) is 14.7. The molecule has 0 amide bonds. The molecule has 0 unspecified atom stereocenters. The van der Waals surface area contributed by atoms with Crippen molar-refractivity contribution in [2.45, 2.75) is 121 Å². The minimum absolute atomic E-state index is 0.0457. The van der Waals surface area contributed by atoms with Gasteiger partial charge in [0.25, 0.3) is 0 Å². The molecule has 4 aliphatic heterocycles. The summed E-state index contributed by atoms with van der Waals surface area (Å²) in [5.41, 5.74) is 9.37. The largest absolute Gasteiger partial charge is 0.373 e. The van der Waals surface area contributed by atoms with Crippen LogP contribution in [0.15, 0.2) is 5.11 Å². The lowest BCUT2D eigenvalue weighted by Crippen LogP contribution is -2.46. The van der Waals surface area contributed by atoms with E-state index in [-0.39, 0.29) is 64.1 Å². The van der Waals surface area contributed by atoms with Crippen LogP contribution < -0.4 is 0 Å². The Bertz CT molecular complexity index is 883. The average Bonchev–Trinajstić information content (AvgIpc) is 3.06. The highest BCUT2D eigenvalue weighted by atomic mass is 16.7. The summed E-state index contributed by atoms with van der Waals surface area (Å²) in [6, 6.07) is -0.668. The Labute approximate surface area is 295 Å². The predicted molar refractivity (Wildman–Crippen MR) is 175 cm³/mol. The first-order valence-corrected chi connectivity index (χ1v) is 17.5. The zero-order valence-electron chi connectivity index (χ0n) is 31.0. The summed E-state index contributed by atoms with van der Waals surface area (Å²) in [6.07, 6.45) is -2.11. The predicted octanol–water partition coefficient (Wildman–Crippen LogP) is 3.11. The van der Waals surface area contributed by atoms with E-state index in [1.54, 1.807) is 0 Å². The maximum atomic E-state index is 9.37. The van der Waals surface area contributed by atoms with Gasteiger partial charge in [0.15, 0.2) is 23.1 Å². The van der Waals surface area contributed by atoms with Gasteiger partial charge in [0.2, 0.25) is 0 Å². The standard InChI is InChI=1S/C33H59N3O14/c1-30(2)43-15-26(16-44-30)39-11-24(12-40-27-17-45-31(3,4)46-18-27)37-9-23(35-36-34)10-38-25(13-41-28-19-47-32(5,6)48-20-28)14-42-29-21-49-33(7,8)50-22-29/h23-29H,9-22H2,1-8H3. The Morgan fingerprint density at radius 1 is 0.480 bits per heavy atom. The normalized spacial score (nSPS) is 24.9. The molecule has 0 atom stereocenters. The third-order valence-corrected chi connectivity index (χ3v) is 8.27. The number of rotatable bonds is 19. The van der Waals surface area contributed by atoms with Crippen molar-refractivity contribution in [3.05, 3.63) is 10.4 Å². The fourth-order valence-electron chi connectivity index (χ4n) is 5.04. The van der Waals surface area contributed by atoms with Gasteiger partial charge in [-0.3, -0.25) is 0 Å². The molecule has 0 N–H and O–H groups in total. The van der Waals surface area contributed by atoms with E-state index in [2.05, 4.69) is 10.0 Å². The molecule has 0 bridgehead atoms. The van der Waals surface area contributed by atoms with Crippen molar-refractivity contribution < 1.29 is 66.3 Å². The Morgan fingerprint density at radius 3 is 0.940 bits per heavy atom. The van der Waals surface area contributed by atoms with Gasteiger partial charge in [0, 0.05) is 4.91 Å². The summed E-state index contributed by atoms with van der Waals surface area (Å²) in [7, 11) is 0. The number of hydrogen-bond acceptors (Lipinski definition) is 15. The lowest BCUT2D eigenvalue weighted by Gasteiger charge is -2.36. The molecular weight excluding hydrogens is 662 g/mol. The maximum absolute atomic E-state index is 9.37. The molecule has 17 nitrogen and oxygen atoms in total. The average molecular weight is 722 g/mol. The highest BCUT2D eigenvalue weighted by Gasteiger charge is 2.33. The van der Waals surface area contributed by atoms with Crippen LogP contribution in [0.1, 0.15) is 55.4 Å². The van der Waals surface area contributed by atoms with Crippen LogP contribution in [-0.4, -0.2) is 158 Å². The van der Waals surface area contributed by atoms with Crippen LogP contribution in [0.25, 0.3) is 10.4 Å². The van der Waals surface area contributed by atoms with Gasteiger partial charge in [0.05, 0.1) is 98.5 Å². The van der Waals surface area contributed by atoms with Gasteiger partial charge >= 0.3 is 0 Å². The highest BCUT2D eigenvalue weighted by Crippen LogP contribution is 2.22. The van der Waals surface area contributed by atoms with Crippen LogP contribution in [0.2, 0.25) is 0 Å². The topological polar surface area (TPSA) is 178 Å². The van der Waals surface area contributed by atoms with E-state index in [1.165, 1.54) is 0 Å². The van der Waals surface area contributed by atoms with Crippen molar-refractivity contribution in [3.63, 3.8) is 0 Å². The quantitative estimate of drug-likeness (QED) is 0.108. The molecule has 4 fully saturated rings. The second-order valence-electron chi connectivity index (χ2n) is 14.7. The van der Waals surface area contributed by atoms with Crippen molar-refractivity contribution in [1.29, 1.82) is 0 Å². The van der Waals surface area contributed by atoms with Crippen LogP contribution >= 0.6 is 0 Å². The van der Waals surface area contributed by atoms with Gasteiger partial charge in [-0.2, -0.15) is 0 Å². The van der Waals surface area contributed by atoms with Gasteiger partial charge in [-0.15, -0.1) is 0 Å². The first-order valence-electron chi connectivity index (χ1n) is 17.5. The Balaban J connectivity index is 1.30. The van der Waals surface area contributed by atoms with Gasteiger partial charge in [0.1, 0.15) is 36.6 Å². The van der Waals surface area contributed by atoms with E-state index in [0.717, 1.165) is 0 Å². The summed E-state index contributed by atoms with van der Waals surface area (Å²) in [5, 5.41) is 3.94. The third-order valence-electron chi connectivity index (χ3n) is 8.27. The van der Waals surface area contributed by atoms with Crippen molar-refractivity contribution >= 4 is 0 Å². The molecule has 0 aromatic carbocycles. The minimum Gasteiger partial charge on any atom is -0.373 e. The molecule has 290 valence electrons. The Morgan fingerprint density at radius 2 is 0.720 bits per heavy atom. The van der Waals surface area contributed by atoms with E-state index < -0.39 is 41.4 Å². The summed E-state index contributed by atoms with van der Waals surface area (Å²) in [5.74, 6) is -2.64. The molecule has 4 heterocycles.